The van der Waals surface area contributed by atoms with Gasteiger partial charge in [0.2, 0.25) is 5.91 Å². The van der Waals surface area contributed by atoms with Crippen molar-refractivity contribution in [2.24, 2.45) is 0 Å². The Morgan fingerprint density at radius 2 is 2.29 bits per heavy atom. The topological polar surface area (TPSA) is 75.6 Å². The number of aliphatic carboxylic acids is 1. The third-order valence-electron chi connectivity index (χ3n) is 2.09. The maximum atomic E-state index is 11.5. The molecule has 1 aromatic heterocycles. The highest BCUT2D eigenvalue weighted by atomic mass is 32.1. The smallest absolute Gasteiger partial charge is 0.329 e. The molecule has 0 aromatic carbocycles. The minimum absolute atomic E-state index is 0.0315. The fraction of sp³-hybridized carbons (Fsp3) is 0.455. The fourth-order valence-corrected chi connectivity index (χ4v) is 2.19. The van der Waals surface area contributed by atoms with Crippen LogP contribution >= 0.6 is 11.3 Å². The Kier molecular flexibility index (Phi) is 5.65. The standard InChI is InChI=1S/C11H15NO4S/c1-2-8(9-4-3-5-17-9)12-10(13)6-16-7-11(14)15/h3-5,8H,2,6-7H2,1H3,(H,12,13)(H,14,15). The number of rotatable bonds is 7. The minimum Gasteiger partial charge on any atom is -0.480 e. The van der Waals surface area contributed by atoms with Gasteiger partial charge in [0.1, 0.15) is 13.2 Å². The van der Waals surface area contributed by atoms with E-state index in [2.05, 4.69) is 5.32 Å². The average Bonchev–Trinajstić information content (AvgIpc) is 2.78. The van der Waals surface area contributed by atoms with Crippen LogP contribution in [-0.4, -0.2) is 30.2 Å². The molecule has 0 spiro atoms. The molecule has 0 aliphatic rings. The van der Waals surface area contributed by atoms with Gasteiger partial charge in [-0.05, 0) is 17.9 Å². The molecule has 1 heterocycles. The Morgan fingerprint density at radius 1 is 1.53 bits per heavy atom. The second kappa shape index (κ2) is 7.03. The molecule has 17 heavy (non-hydrogen) atoms. The normalized spacial score (nSPS) is 12.1. The second-order valence-corrected chi connectivity index (χ2v) is 4.41. The molecule has 0 fully saturated rings. The van der Waals surface area contributed by atoms with Crippen LogP contribution in [0.4, 0.5) is 0 Å². The summed E-state index contributed by atoms with van der Waals surface area (Å²) in [5.41, 5.74) is 0. The fourth-order valence-electron chi connectivity index (χ4n) is 1.33. The molecule has 0 saturated carbocycles. The SMILES string of the molecule is CCC(NC(=O)COCC(=O)O)c1cccs1. The number of ether oxygens (including phenoxy) is 1. The summed E-state index contributed by atoms with van der Waals surface area (Å²) in [6, 6.07) is 3.85. The number of thiophene rings is 1. The lowest BCUT2D eigenvalue weighted by Crippen LogP contribution is -2.31. The Bertz CT molecular complexity index is 364. The van der Waals surface area contributed by atoms with Crippen LogP contribution in [0.5, 0.6) is 0 Å². The molecule has 0 radical (unpaired) electrons. The monoisotopic (exact) mass is 257 g/mol. The first-order valence-corrected chi connectivity index (χ1v) is 6.13. The van der Waals surface area contributed by atoms with Crippen molar-refractivity contribution in [2.45, 2.75) is 19.4 Å². The van der Waals surface area contributed by atoms with Gasteiger partial charge in [0, 0.05) is 4.88 Å². The van der Waals surface area contributed by atoms with Crippen LogP contribution in [-0.2, 0) is 14.3 Å². The Balaban J connectivity index is 2.36. The van der Waals surface area contributed by atoms with Crippen molar-refractivity contribution in [3.05, 3.63) is 22.4 Å². The summed E-state index contributed by atoms with van der Waals surface area (Å²) in [5, 5.41) is 13.1. The van der Waals surface area contributed by atoms with Crippen molar-refractivity contribution in [3.63, 3.8) is 0 Å². The maximum Gasteiger partial charge on any atom is 0.329 e. The third-order valence-corrected chi connectivity index (χ3v) is 3.07. The quantitative estimate of drug-likeness (QED) is 0.774. The van der Waals surface area contributed by atoms with E-state index in [1.165, 1.54) is 0 Å². The number of hydrogen-bond acceptors (Lipinski definition) is 4. The molecule has 1 rings (SSSR count). The summed E-state index contributed by atoms with van der Waals surface area (Å²) < 4.78 is 4.71. The van der Waals surface area contributed by atoms with Gasteiger partial charge in [-0.3, -0.25) is 4.79 Å². The van der Waals surface area contributed by atoms with Crippen molar-refractivity contribution >= 4 is 23.2 Å². The number of carbonyl (C=O) groups excluding carboxylic acids is 1. The zero-order valence-electron chi connectivity index (χ0n) is 9.51. The highest BCUT2D eigenvalue weighted by Crippen LogP contribution is 2.21. The third kappa shape index (κ3) is 4.97. The average molecular weight is 257 g/mol. The summed E-state index contributed by atoms with van der Waals surface area (Å²) in [5.74, 6) is -1.38. The predicted octanol–water partition coefficient (Wildman–Crippen LogP) is 1.42. The molecule has 0 saturated heterocycles. The molecule has 1 amide bonds. The first-order chi connectivity index (χ1) is 8.13. The number of carbonyl (C=O) groups is 2. The summed E-state index contributed by atoms with van der Waals surface area (Å²) in [4.78, 5) is 22.7. The van der Waals surface area contributed by atoms with E-state index in [0.717, 1.165) is 11.3 Å². The van der Waals surface area contributed by atoms with E-state index in [4.69, 9.17) is 9.84 Å². The van der Waals surface area contributed by atoms with Gasteiger partial charge in [-0.2, -0.15) is 0 Å². The van der Waals surface area contributed by atoms with Crippen molar-refractivity contribution in [1.29, 1.82) is 0 Å². The van der Waals surface area contributed by atoms with Crippen LogP contribution < -0.4 is 5.32 Å². The highest BCUT2D eigenvalue weighted by Gasteiger charge is 2.13. The van der Waals surface area contributed by atoms with Crippen molar-refractivity contribution in [1.82, 2.24) is 5.32 Å². The molecule has 6 heteroatoms. The predicted molar refractivity (Wildman–Crippen MR) is 63.9 cm³/mol. The van der Waals surface area contributed by atoms with Crippen LogP contribution in [0.3, 0.4) is 0 Å². The van der Waals surface area contributed by atoms with E-state index < -0.39 is 12.6 Å². The lowest BCUT2D eigenvalue weighted by molar-refractivity contribution is -0.143. The van der Waals surface area contributed by atoms with E-state index in [1.54, 1.807) is 11.3 Å². The summed E-state index contributed by atoms with van der Waals surface area (Å²) >= 11 is 1.58. The first kappa shape index (κ1) is 13.7. The number of hydrogen-bond donors (Lipinski definition) is 2. The molecular formula is C11H15NO4S. The molecule has 94 valence electrons. The first-order valence-electron chi connectivity index (χ1n) is 5.25. The van der Waals surface area contributed by atoms with Crippen LogP contribution in [0.1, 0.15) is 24.3 Å². The zero-order chi connectivity index (χ0) is 12.7. The molecule has 1 unspecified atom stereocenters. The lowest BCUT2D eigenvalue weighted by atomic mass is 10.2. The van der Waals surface area contributed by atoms with Crippen LogP contribution in [0.25, 0.3) is 0 Å². The summed E-state index contributed by atoms with van der Waals surface area (Å²) in [6.07, 6.45) is 0.783. The number of carboxylic acid groups (broad SMARTS) is 1. The van der Waals surface area contributed by atoms with Gasteiger partial charge >= 0.3 is 5.97 Å². The van der Waals surface area contributed by atoms with E-state index in [9.17, 15) is 9.59 Å². The van der Waals surface area contributed by atoms with Crippen LogP contribution in [0, 0.1) is 0 Å². The molecule has 1 atom stereocenters. The Labute approximate surface area is 103 Å². The summed E-state index contributed by atoms with van der Waals surface area (Å²) in [6.45, 7) is 1.29. The van der Waals surface area contributed by atoms with Gasteiger partial charge in [0.15, 0.2) is 0 Å². The van der Waals surface area contributed by atoms with E-state index in [0.29, 0.717) is 0 Å². The molecule has 5 nitrogen and oxygen atoms in total. The van der Waals surface area contributed by atoms with E-state index >= 15 is 0 Å². The molecular weight excluding hydrogens is 242 g/mol. The van der Waals surface area contributed by atoms with Crippen molar-refractivity contribution < 1.29 is 19.4 Å². The van der Waals surface area contributed by atoms with E-state index in [1.807, 2.05) is 24.4 Å². The minimum atomic E-state index is -1.08. The van der Waals surface area contributed by atoms with Crippen LogP contribution in [0.2, 0.25) is 0 Å². The molecule has 2 N–H and O–H groups in total. The highest BCUT2D eigenvalue weighted by molar-refractivity contribution is 7.10. The van der Waals surface area contributed by atoms with E-state index in [-0.39, 0.29) is 18.6 Å². The zero-order valence-corrected chi connectivity index (χ0v) is 10.3. The van der Waals surface area contributed by atoms with Gasteiger partial charge in [0.25, 0.3) is 0 Å². The Morgan fingerprint density at radius 3 is 2.82 bits per heavy atom. The van der Waals surface area contributed by atoms with Crippen LogP contribution in [0.15, 0.2) is 17.5 Å². The van der Waals surface area contributed by atoms with Crippen molar-refractivity contribution in [2.75, 3.05) is 13.2 Å². The number of amides is 1. The van der Waals surface area contributed by atoms with Gasteiger partial charge in [-0.1, -0.05) is 13.0 Å². The maximum absolute atomic E-state index is 11.5. The van der Waals surface area contributed by atoms with Gasteiger partial charge in [0.05, 0.1) is 6.04 Å². The van der Waals surface area contributed by atoms with Gasteiger partial charge in [-0.15, -0.1) is 11.3 Å². The lowest BCUT2D eigenvalue weighted by Gasteiger charge is -2.15. The Hall–Kier alpha value is -1.40. The van der Waals surface area contributed by atoms with Crippen molar-refractivity contribution in [3.8, 4) is 0 Å². The summed E-state index contributed by atoms with van der Waals surface area (Å²) in [7, 11) is 0. The number of nitrogens with one attached hydrogen (secondary N) is 1. The molecule has 0 aliphatic heterocycles. The molecule has 0 aliphatic carbocycles. The molecule has 0 bridgehead atoms. The van der Waals surface area contributed by atoms with Gasteiger partial charge in [-0.25, -0.2) is 4.79 Å². The van der Waals surface area contributed by atoms with Gasteiger partial charge < -0.3 is 15.2 Å². The number of carboxylic acids is 1. The second-order valence-electron chi connectivity index (χ2n) is 3.43. The largest absolute Gasteiger partial charge is 0.480 e. The molecule has 1 aromatic rings.